The lowest BCUT2D eigenvalue weighted by Gasteiger charge is -2.32. The molecule has 1 aromatic rings. The van der Waals surface area contributed by atoms with Crippen LogP contribution in [0.3, 0.4) is 0 Å². The highest BCUT2D eigenvalue weighted by molar-refractivity contribution is 5.76. The van der Waals surface area contributed by atoms with Crippen LogP contribution in [0.5, 0.6) is 5.75 Å². The Bertz CT molecular complexity index is 568. The Kier molecular flexibility index (Phi) is 6.68. The van der Waals surface area contributed by atoms with E-state index >= 15 is 0 Å². The normalized spacial score (nSPS) is 15.0. The fourth-order valence-electron chi connectivity index (χ4n) is 2.29. The molecule has 1 saturated heterocycles. The largest absolute Gasteiger partial charge is 0.513 e. The van der Waals surface area contributed by atoms with Gasteiger partial charge in [0.2, 0.25) is 5.91 Å². The summed E-state index contributed by atoms with van der Waals surface area (Å²) in [5.41, 5.74) is 0.248. The number of benzene rings is 1. The van der Waals surface area contributed by atoms with Gasteiger partial charge in [0.15, 0.2) is 0 Å². The van der Waals surface area contributed by atoms with E-state index in [0.717, 1.165) is 26.2 Å². The van der Waals surface area contributed by atoms with Crippen LogP contribution in [-0.2, 0) is 9.53 Å². The molecule has 1 amide bonds. The third-order valence-corrected chi connectivity index (χ3v) is 3.75. The molecule has 0 unspecified atom stereocenters. The second kappa shape index (κ2) is 8.97. The van der Waals surface area contributed by atoms with Crippen LogP contribution in [0.2, 0.25) is 0 Å². The molecule has 0 spiro atoms. The third-order valence-electron chi connectivity index (χ3n) is 3.75. The van der Waals surface area contributed by atoms with Crippen molar-refractivity contribution in [3.8, 4) is 5.75 Å². The molecule has 24 heavy (non-hydrogen) atoms. The van der Waals surface area contributed by atoms with Crippen LogP contribution in [0.15, 0.2) is 29.4 Å². The first-order valence-electron chi connectivity index (χ1n) is 7.83. The molecule has 0 atom stereocenters. The van der Waals surface area contributed by atoms with Crippen LogP contribution >= 0.6 is 0 Å². The molecular formula is C16H21N3O5. The molecule has 1 fully saturated rings. The minimum Gasteiger partial charge on any atom is -0.434 e. The lowest BCUT2D eigenvalue weighted by atomic mass is 10.2. The maximum absolute atomic E-state index is 12.0. The van der Waals surface area contributed by atoms with Gasteiger partial charge in [0, 0.05) is 32.6 Å². The molecular weight excluding hydrogens is 314 g/mol. The summed E-state index contributed by atoms with van der Waals surface area (Å²) in [4.78, 5) is 37.8. The summed E-state index contributed by atoms with van der Waals surface area (Å²) >= 11 is 0. The smallest absolute Gasteiger partial charge is 0.434 e. The Labute approximate surface area is 140 Å². The van der Waals surface area contributed by atoms with Crippen LogP contribution in [-0.4, -0.2) is 61.7 Å². The van der Waals surface area contributed by atoms with E-state index in [1.807, 2.05) is 11.9 Å². The molecule has 0 bridgehead atoms. The van der Waals surface area contributed by atoms with Gasteiger partial charge >= 0.3 is 6.16 Å². The van der Waals surface area contributed by atoms with Crippen molar-refractivity contribution in [2.75, 3.05) is 39.8 Å². The lowest BCUT2D eigenvalue weighted by molar-refractivity contribution is -0.133. The van der Waals surface area contributed by atoms with E-state index in [1.165, 1.54) is 24.3 Å². The van der Waals surface area contributed by atoms with Crippen LogP contribution in [0.4, 0.5) is 10.5 Å². The quantitative estimate of drug-likeness (QED) is 0.342. The van der Waals surface area contributed by atoms with Crippen LogP contribution in [0, 0.1) is 4.91 Å². The summed E-state index contributed by atoms with van der Waals surface area (Å²) in [5.74, 6) is 0.345. The second-order valence-corrected chi connectivity index (χ2v) is 5.57. The fourth-order valence-corrected chi connectivity index (χ4v) is 2.29. The van der Waals surface area contributed by atoms with Gasteiger partial charge in [-0.05, 0) is 42.9 Å². The highest BCUT2D eigenvalue weighted by Crippen LogP contribution is 2.18. The molecule has 0 N–H and O–H groups in total. The minimum atomic E-state index is -0.839. The van der Waals surface area contributed by atoms with Crippen molar-refractivity contribution in [1.29, 1.82) is 0 Å². The Balaban J connectivity index is 1.61. The summed E-state index contributed by atoms with van der Waals surface area (Å²) < 4.78 is 9.88. The van der Waals surface area contributed by atoms with E-state index in [0.29, 0.717) is 12.8 Å². The van der Waals surface area contributed by atoms with Gasteiger partial charge in [0.1, 0.15) is 11.4 Å². The Morgan fingerprint density at radius 3 is 2.42 bits per heavy atom. The summed E-state index contributed by atoms with van der Waals surface area (Å²) in [7, 11) is 2.03. The molecule has 0 aromatic heterocycles. The first-order chi connectivity index (χ1) is 11.6. The molecule has 0 saturated carbocycles. The number of nitroso groups, excluding NO2 is 1. The number of hydrogen-bond donors (Lipinski definition) is 0. The van der Waals surface area contributed by atoms with E-state index in [9.17, 15) is 14.5 Å². The van der Waals surface area contributed by atoms with E-state index in [4.69, 9.17) is 9.47 Å². The molecule has 1 aromatic carbocycles. The number of nitrogens with zero attached hydrogens (tertiary/aromatic N) is 3. The minimum absolute atomic E-state index is 0.0806. The molecule has 1 aliphatic heterocycles. The number of rotatable bonds is 6. The molecule has 1 heterocycles. The maximum atomic E-state index is 12.0. The van der Waals surface area contributed by atoms with Crippen LogP contribution in [0.1, 0.15) is 12.8 Å². The van der Waals surface area contributed by atoms with Crippen molar-refractivity contribution in [3.63, 3.8) is 0 Å². The van der Waals surface area contributed by atoms with Crippen molar-refractivity contribution in [2.24, 2.45) is 5.18 Å². The molecule has 0 aliphatic carbocycles. The molecule has 1 aliphatic rings. The predicted octanol–water partition coefficient (Wildman–Crippen LogP) is 2.15. The summed E-state index contributed by atoms with van der Waals surface area (Å²) in [6, 6.07) is 5.78. The number of piperazine rings is 1. The average Bonchev–Trinajstić information content (AvgIpc) is 2.60. The Hall–Kier alpha value is -2.48. The predicted molar refractivity (Wildman–Crippen MR) is 87.2 cm³/mol. The molecule has 8 nitrogen and oxygen atoms in total. The number of hydrogen-bond acceptors (Lipinski definition) is 7. The fraction of sp³-hybridized carbons (Fsp3) is 0.500. The van der Waals surface area contributed by atoms with Gasteiger partial charge in [0.05, 0.1) is 6.61 Å². The SMILES string of the molecule is CN1CCN(C(=O)CCCOC(=O)Oc2ccc(N=O)cc2)CC1. The highest BCUT2D eigenvalue weighted by Gasteiger charge is 2.18. The zero-order valence-electron chi connectivity index (χ0n) is 13.6. The second-order valence-electron chi connectivity index (χ2n) is 5.57. The summed E-state index contributed by atoms with van der Waals surface area (Å²) in [6.07, 6.45) is -0.0424. The third kappa shape index (κ3) is 5.62. The van der Waals surface area contributed by atoms with E-state index in [-0.39, 0.29) is 24.0 Å². The van der Waals surface area contributed by atoms with Gasteiger partial charge in [-0.1, -0.05) is 0 Å². The summed E-state index contributed by atoms with van der Waals surface area (Å²) in [5, 5.41) is 2.75. The molecule has 0 radical (unpaired) electrons. The van der Waals surface area contributed by atoms with Gasteiger partial charge in [0.25, 0.3) is 0 Å². The highest BCUT2D eigenvalue weighted by atomic mass is 16.7. The van der Waals surface area contributed by atoms with Crippen molar-refractivity contribution < 1.29 is 19.1 Å². The van der Waals surface area contributed by atoms with Crippen molar-refractivity contribution in [2.45, 2.75) is 12.8 Å². The first-order valence-corrected chi connectivity index (χ1v) is 7.83. The van der Waals surface area contributed by atoms with Gasteiger partial charge in [-0.2, -0.15) is 0 Å². The molecule has 8 heteroatoms. The van der Waals surface area contributed by atoms with Crippen LogP contribution < -0.4 is 4.74 Å². The summed E-state index contributed by atoms with van der Waals surface area (Å²) in [6.45, 7) is 3.36. The lowest BCUT2D eigenvalue weighted by Crippen LogP contribution is -2.47. The number of carbonyl (C=O) groups excluding carboxylic acids is 2. The Morgan fingerprint density at radius 1 is 1.12 bits per heavy atom. The van der Waals surface area contributed by atoms with Gasteiger partial charge in [-0.15, -0.1) is 4.91 Å². The van der Waals surface area contributed by atoms with Gasteiger partial charge in [-0.25, -0.2) is 4.79 Å². The van der Waals surface area contributed by atoms with E-state index in [1.54, 1.807) is 0 Å². The zero-order chi connectivity index (χ0) is 17.4. The monoisotopic (exact) mass is 335 g/mol. The van der Waals surface area contributed by atoms with E-state index in [2.05, 4.69) is 10.1 Å². The van der Waals surface area contributed by atoms with Crippen molar-refractivity contribution >= 4 is 17.7 Å². The first kappa shape index (κ1) is 17.9. The van der Waals surface area contributed by atoms with Crippen LogP contribution in [0.25, 0.3) is 0 Å². The number of ether oxygens (including phenoxy) is 2. The standard InChI is InChI=1S/C16H21N3O5/c1-18-8-10-19(11-9-18)15(20)3-2-12-23-16(21)24-14-6-4-13(17-22)5-7-14/h4-7H,2-3,8-12H2,1H3. The zero-order valence-corrected chi connectivity index (χ0v) is 13.6. The Morgan fingerprint density at radius 2 is 1.79 bits per heavy atom. The van der Waals surface area contributed by atoms with Gasteiger partial charge < -0.3 is 19.3 Å². The van der Waals surface area contributed by atoms with Crippen molar-refractivity contribution in [3.05, 3.63) is 29.2 Å². The molecule has 130 valence electrons. The number of likely N-dealkylation sites (N-methyl/N-ethyl adjacent to an activating group) is 1. The van der Waals surface area contributed by atoms with E-state index < -0.39 is 6.16 Å². The topological polar surface area (TPSA) is 88.5 Å². The molecule has 2 rings (SSSR count). The number of amides is 1. The maximum Gasteiger partial charge on any atom is 0.513 e. The number of carbonyl (C=O) groups is 2. The average molecular weight is 335 g/mol. The van der Waals surface area contributed by atoms with Crippen molar-refractivity contribution in [1.82, 2.24) is 9.80 Å². The van der Waals surface area contributed by atoms with Gasteiger partial charge in [-0.3, -0.25) is 4.79 Å².